The van der Waals surface area contributed by atoms with Crippen LogP contribution in [0.5, 0.6) is 11.5 Å². The Hall–Kier alpha value is -3.13. The van der Waals surface area contributed by atoms with Gasteiger partial charge in [-0.15, -0.1) is 0 Å². The van der Waals surface area contributed by atoms with Gasteiger partial charge in [-0.1, -0.05) is 30.3 Å². The van der Waals surface area contributed by atoms with Crippen molar-refractivity contribution in [1.82, 2.24) is 9.80 Å². The molecule has 1 saturated heterocycles. The smallest absolute Gasteiger partial charge is 0.314 e. The zero-order chi connectivity index (χ0) is 20.8. The summed E-state index contributed by atoms with van der Waals surface area (Å²) in [6.07, 6.45) is -0.817. The second-order valence-electron chi connectivity index (χ2n) is 6.94. The van der Waals surface area contributed by atoms with Crippen LogP contribution in [0, 0.1) is 10.1 Å². The summed E-state index contributed by atoms with van der Waals surface area (Å²) < 4.78 is 10.7. The van der Waals surface area contributed by atoms with Crippen molar-refractivity contribution in [3.05, 3.63) is 64.2 Å². The summed E-state index contributed by atoms with van der Waals surface area (Å²) in [5.74, 6) is 0.242. The van der Waals surface area contributed by atoms with Gasteiger partial charge in [0.25, 0.3) is 5.91 Å². The minimum Gasteiger partial charge on any atom is -0.496 e. The van der Waals surface area contributed by atoms with Crippen LogP contribution < -0.4 is 9.47 Å². The van der Waals surface area contributed by atoms with E-state index in [-0.39, 0.29) is 17.3 Å². The highest BCUT2D eigenvalue weighted by Crippen LogP contribution is 2.32. The van der Waals surface area contributed by atoms with Gasteiger partial charge in [-0.2, -0.15) is 0 Å². The van der Waals surface area contributed by atoms with Gasteiger partial charge in [0, 0.05) is 32.7 Å². The van der Waals surface area contributed by atoms with Crippen LogP contribution in [0.3, 0.4) is 0 Å². The van der Waals surface area contributed by atoms with Crippen LogP contribution in [0.25, 0.3) is 0 Å². The molecule has 29 heavy (non-hydrogen) atoms. The van der Waals surface area contributed by atoms with Crippen molar-refractivity contribution in [2.75, 3.05) is 33.3 Å². The number of hydrogen-bond acceptors (Lipinski definition) is 6. The molecule has 1 heterocycles. The number of nitro benzene ring substituents is 1. The van der Waals surface area contributed by atoms with Crippen molar-refractivity contribution < 1.29 is 19.2 Å². The summed E-state index contributed by atoms with van der Waals surface area (Å²) in [4.78, 5) is 27.6. The molecule has 1 amide bonds. The first-order valence-corrected chi connectivity index (χ1v) is 9.52. The standard InChI is InChI=1S/C21H25N3O5/c1-16(29-20-9-8-18(28-2)14-19(20)24(26)27)21(25)23-12-10-22(11-13-23)15-17-6-4-3-5-7-17/h3-9,14,16H,10-13,15H2,1-2H3/t16-/m0/s1. The molecule has 1 aliphatic rings. The van der Waals surface area contributed by atoms with E-state index >= 15 is 0 Å². The van der Waals surface area contributed by atoms with Crippen LogP contribution in [0.4, 0.5) is 5.69 Å². The minimum absolute atomic E-state index is 0.0550. The molecule has 0 N–H and O–H groups in total. The van der Waals surface area contributed by atoms with E-state index in [2.05, 4.69) is 17.0 Å². The van der Waals surface area contributed by atoms with E-state index in [0.29, 0.717) is 18.8 Å². The van der Waals surface area contributed by atoms with E-state index in [9.17, 15) is 14.9 Å². The Labute approximate surface area is 169 Å². The molecule has 1 aliphatic heterocycles. The lowest BCUT2D eigenvalue weighted by molar-refractivity contribution is -0.386. The number of carbonyl (C=O) groups excluding carboxylic acids is 1. The molecular weight excluding hydrogens is 374 g/mol. The quantitative estimate of drug-likeness (QED) is 0.526. The van der Waals surface area contributed by atoms with E-state index in [0.717, 1.165) is 19.6 Å². The molecule has 154 valence electrons. The van der Waals surface area contributed by atoms with Crippen molar-refractivity contribution in [2.45, 2.75) is 19.6 Å². The molecule has 0 aliphatic carbocycles. The second-order valence-corrected chi connectivity index (χ2v) is 6.94. The normalized spacial score (nSPS) is 15.6. The summed E-state index contributed by atoms with van der Waals surface area (Å²) >= 11 is 0. The summed E-state index contributed by atoms with van der Waals surface area (Å²) in [7, 11) is 1.43. The zero-order valence-corrected chi connectivity index (χ0v) is 16.6. The van der Waals surface area contributed by atoms with Gasteiger partial charge < -0.3 is 14.4 Å². The molecule has 8 nitrogen and oxygen atoms in total. The second kappa shape index (κ2) is 9.38. The number of benzene rings is 2. The Kier molecular flexibility index (Phi) is 6.66. The molecule has 0 saturated carbocycles. The third kappa shape index (κ3) is 5.23. The van der Waals surface area contributed by atoms with Gasteiger partial charge in [-0.05, 0) is 24.6 Å². The maximum Gasteiger partial charge on any atom is 0.314 e. The monoisotopic (exact) mass is 399 g/mol. The molecule has 0 radical (unpaired) electrons. The van der Waals surface area contributed by atoms with Gasteiger partial charge in [-0.3, -0.25) is 19.8 Å². The molecule has 0 spiro atoms. The van der Waals surface area contributed by atoms with Gasteiger partial charge in [-0.25, -0.2) is 0 Å². The van der Waals surface area contributed by atoms with Crippen molar-refractivity contribution >= 4 is 11.6 Å². The average Bonchev–Trinajstić information content (AvgIpc) is 2.74. The molecule has 2 aromatic rings. The highest BCUT2D eigenvalue weighted by molar-refractivity contribution is 5.81. The van der Waals surface area contributed by atoms with Crippen LogP contribution in [0.15, 0.2) is 48.5 Å². The number of nitro groups is 1. The van der Waals surface area contributed by atoms with E-state index in [4.69, 9.17) is 9.47 Å². The number of piperazine rings is 1. The number of hydrogen-bond donors (Lipinski definition) is 0. The lowest BCUT2D eigenvalue weighted by atomic mass is 10.2. The van der Waals surface area contributed by atoms with Crippen LogP contribution >= 0.6 is 0 Å². The first-order valence-electron chi connectivity index (χ1n) is 9.52. The predicted molar refractivity (Wildman–Crippen MR) is 108 cm³/mol. The fourth-order valence-corrected chi connectivity index (χ4v) is 3.33. The molecule has 2 aromatic carbocycles. The van der Waals surface area contributed by atoms with E-state index in [1.165, 1.54) is 24.8 Å². The fourth-order valence-electron chi connectivity index (χ4n) is 3.33. The summed E-state index contributed by atoms with van der Waals surface area (Å²) in [5, 5.41) is 11.3. The number of amides is 1. The molecule has 8 heteroatoms. The van der Waals surface area contributed by atoms with Gasteiger partial charge in [0.15, 0.2) is 11.9 Å². The van der Waals surface area contributed by atoms with Crippen molar-refractivity contribution in [3.63, 3.8) is 0 Å². The van der Waals surface area contributed by atoms with Crippen LogP contribution in [0.1, 0.15) is 12.5 Å². The average molecular weight is 399 g/mol. The first kappa shape index (κ1) is 20.6. The summed E-state index contributed by atoms with van der Waals surface area (Å²) in [6.45, 7) is 5.22. The van der Waals surface area contributed by atoms with E-state index < -0.39 is 11.0 Å². The van der Waals surface area contributed by atoms with Gasteiger partial charge in [0.1, 0.15) is 5.75 Å². The maximum absolute atomic E-state index is 12.8. The van der Waals surface area contributed by atoms with Crippen molar-refractivity contribution in [2.24, 2.45) is 0 Å². The first-order chi connectivity index (χ1) is 14.0. The third-order valence-electron chi connectivity index (χ3n) is 4.95. The molecule has 0 aromatic heterocycles. The molecule has 0 bridgehead atoms. The topological polar surface area (TPSA) is 85.2 Å². The maximum atomic E-state index is 12.8. The fraction of sp³-hybridized carbons (Fsp3) is 0.381. The molecule has 3 rings (SSSR count). The minimum atomic E-state index is -0.817. The number of nitrogens with zero attached hydrogens (tertiary/aromatic N) is 3. The van der Waals surface area contributed by atoms with Crippen LogP contribution in [-0.4, -0.2) is 60.0 Å². The van der Waals surface area contributed by atoms with Crippen LogP contribution in [-0.2, 0) is 11.3 Å². The SMILES string of the molecule is COc1ccc(O[C@@H](C)C(=O)N2CCN(Cc3ccccc3)CC2)c([N+](=O)[O-])c1. The Morgan fingerprint density at radius 1 is 1.14 bits per heavy atom. The number of ether oxygens (including phenoxy) is 2. The molecule has 0 unspecified atom stereocenters. The number of methoxy groups -OCH3 is 1. The Balaban J connectivity index is 1.57. The Bertz CT molecular complexity index is 851. The van der Waals surface area contributed by atoms with Crippen molar-refractivity contribution in [3.8, 4) is 11.5 Å². The molecular formula is C21H25N3O5. The molecule has 1 atom stereocenters. The summed E-state index contributed by atoms with van der Waals surface area (Å²) in [5.41, 5.74) is 1.02. The highest BCUT2D eigenvalue weighted by atomic mass is 16.6. The Morgan fingerprint density at radius 2 is 1.83 bits per heavy atom. The largest absolute Gasteiger partial charge is 0.496 e. The molecule has 1 fully saturated rings. The van der Waals surface area contributed by atoms with E-state index in [1.807, 2.05) is 18.2 Å². The third-order valence-corrected chi connectivity index (χ3v) is 4.95. The van der Waals surface area contributed by atoms with E-state index in [1.54, 1.807) is 17.9 Å². The number of rotatable bonds is 7. The Morgan fingerprint density at radius 3 is 2.45 bits per heavy atom. The summed E-state index contributed by atoms with van der Waals surface area (Å²) in [6, 6.07) is 14.5. The predicted octanol–water partition coefficient (Wildman–Crippen LogP) is 2.72. The lowest BCUT2D eigenvalue weighted by Crippen LogP contribution is -2.51. The van der Waals surface area contributed by atoms with Gasteiger partial charge >= 0.3 is 5.69 Å². The van der Waals surface area contributed by atoms with Gasteiger partial charge in [0.05, 0.1) is 18.1 Å². The van der Waals surface area contributed by atoms with Gasteiger partial charge in [0.2, 0.25) is 0 Å². The van der Waals surface area contributed by atoms with Crippen LogP contribution in [0.2, 0.25) is 0 Å². The highest BCUT2D eigenvalue weighted by Gasteiger charge is 2.28. The van der Waals surface area contributed by atoms with Crippen molar-refractivity contribution in [1.29, 1.82) is 0 Å². The lowest BCUT2D eigenvalue weighted by Gasteiger charge is -2.35. The number of carbonyl (C=O) groups is 1. The zero-order valence-electron chi connectivity index (χ0n) is 16.6.